The number of hydrogen-bond acceptors (Lipinski definition) is 3. The number of aryl methyl sites for hydroxylation is 1. The Morgan fingerprint density at radius 2 is 1.56 bits per heavy atom. The predicted octanol–water partition coefficient (Wildman–Crippen LogP) is 4.81. The van der Waals surface area contributed by atoms with Crippen molar-refractivity contribution in [1.29, 1.82) is 0 Å². The molecule has 3 aliphatic carbocycles. The molecule has 7 rings (SSSR count). The number of aromatic nitrogens is 3. The minimum absolute atomic E-state index is 0.0364. The van der Waals surface area contributed by atoms with Gasteiger partial charge in [0, 0.05) is 29.5 Å². The summed E-state index contributed by atoms with van der Waals surface area (Å²) in [7, 11) is 0. The van der Waals surface area contributed by atoms with Crippen molar-refractivity contribution < 1.29 is 4.79 Å². The topological polar surface area (TPSA) is 70.7 Å². The number of H-pyrrole nitrogens is 1. The van der Waals surface area contributed by atoms with Gasteiger partial charge >= 0.3 is 0 Å². The molecule has 2 bridgehead atoms. The van der Waals surface area contributed by atoms with Crippen LogP contribution in [0, 0.1) is 12.8 Å². The Labute approximate surface area is 186 Å². The maximum absolute atomic E-state index is 12.9. The van der Waals surface area contributed by atoms with Crippen molar-refractivity contribution in [1.82, 2.24) is 20.5 Å². The van der Waals surface area contributed by atoms with Gasteiger partial charge in [0.1, 0.15) is 5.82 Å². The number of amides is 1. The SMILES string of the molecule is Cc1nc(-c2ccc(C(=O)NCC3CC4c5ccccc5C3c3ccccc34)cc2)n[nH]1. The third-order valence-electron chi connectivity index (χ3n) is 6.95. The van der Waals surface area contributed by atoms with Crippen LogP contribution in [0.1, 0.15) is 56.7 Å². The van der Waals surface area contributed by atoms with E-state index in [4.69, 9.17) is 0 Å². The number of nitrogens with one attached hydrogen (secondary N) is 2. The quantitative estimate of drug-likeness (QED) is 0.498. The zero-order chi connectivity index (χ0) is 21.7. The Morgan fingerprint density at radius 3 is 2.16 bits per heavy atom. The fourth-order valence-corrected chi connectivity index (χ4v) is 5.53. The highest BCUT2D eigenvalue weighted by Crippen LogP contribution is 2.55. The second-order valence-corrected chi connectivity index (χ2v) is 8.82. The van der Waals surface area contributed by atoms with Gasteiger partial charge in [-0.1, -0.05) is 60.7 Å². The minimum Gasteiger partial charge on any atom is -0.352 e. The standard InChI is InChI=1S/C27H24N4O/c1-16-29-26(31-30-16)17-10-12-18(13-11-17)27(32)28-15-19-14-24-20-6-2-4-8-22(20)25(19)23-9-5-3-7-21(23)24/h2-13,19,24-25H,14-15H2,1H3,(H,28,32)(H,29,30,31). The number of nitrogens with zero attached hydrogens (tertiary/aromatic N) is 2. The molecule has 3 aliphatic rings. The molecule has 0 spiro atoms. The maximum atomic E-state index is 12.9. The van der Waals surface area contributed by atoms with E-state index >= 15 is 0 Å². The van der Waals surface area contributed by atoms with Crippen LogP contribution in [0.2, 0.25) is 0 Å². The molecule has 158 valence electrons. The fourth-order valence-electron chi connectivity index (χ4n) is 5.53. The van der Waals surface area contributed by atoms with E-state index in [1.807, 2.05) is 31.2 Å². The largest absolute Gasteiger partial charge is 0.352 e. The van der Waals surface area contributed by atoms with Crippen molar-refractivity contribution in [2.45, 2.75) is 25.2 Å². The molecular formula is C27H24N4O. The summed E-state index contributed by atoms with van der Waals surface area (Å²) in [5.74, 6) is 2.52. The van der Waals surface area contributed by atoms with E-state index in [1.165, 1.54) is 22.3 Å². The first-order chi connectivity index (χ1) is 15.7. The molecule has 0 radical (unpaired) electrons. The van der Waals surface area contributed by atoms with Crippen LogP contribution in [0.15, 0.2) is 72.8 Å². The fraction of sp³-hybridized carbons (Fsp3) is 0.222. The average Bonchev–Trinajstić information content (AvgIpc) is 3.29. The maximum Gasteiger partial charge on any atom is 0.251 e. The van der Waals surface area contributed by atoms with Gasteiger partial charge < -0.3 is 5.32 Å². The van der Waals surface area contributed by atoms with Crippen LogP contribution in [0.3, 0.4) is 0 Å². The van der Waals surface area contributed by atoms with Crippen molar-refractivity contribution >= 4 is 5.91 Å². The van der Waals surface area contributed by atoms with Crippen LogP contribution in [-0.4, -0.2) is 27.6 Å². The van der Waals surface area contributed by atoms with E-state index in [-0.39, 0.29) is 5.91 Å². The van der Waals surface area contributed by atoms with E-state index in [9.17, 15) is 4.79 Å². The summed E-state index contributed by atoms with van der Waals surface area (Å²) in [5.41, 5.74) is 7.31. The molecule has 32 heavy (non-hydrogen) atoms. The van der Waals surface area contributed by atoms with Crippen LogP contribution >= 0.6 is 0 Å². The summed E-state index contributed by atoms with van der Waals surface area (Å²) in [6, 6.07) is 25.1. The van der Waals surface area contributed by atoms with Gasteiger partial charge in [0.05, 0.1) is 0 Å². The van der Waals surface area contributed by atoms with Crippen LogP contribution in [0.5, 0.6) is 0 Å². The normalized spacial score (nSPS) is 20.5. The van der Waals surface area contributed by atoms with Crippen molar-refractivity contribution in [3.63, 3.8) is 0 Å². The molecule has 5 nitrogen and oxygen atoms in total. The number of carbonyl (C=O) groups is 1. The van der Waals surface area contributed by atoms with Gasteiger partial charge in [-0.05, 0) is 53.6 Å². The molecular weight excluding hydrogens is 396 g/mol. The molecule has 0 saturated carbocycles. The number of benzene rings is 3. The highest BCUT2D eigenvalue weighted by Gasteiger charge is 2.42. The molecule has 1 unspecified atom stereocenters. The molecule has 4 aromatic rings. The third kappa shape index (κ3) is 3.04. The highest BCUT2D eigenvalue weighted by molar-refractivity contribution is 5.94. The Kier molecular flexibility index (Phi) is 4.42. The van der Waals surface area contributed by atoms with E-state index in [0.717, 1.165) is 17.8 Å². The molecule has 3 aromatic carbocycles. The van der Waals surface area contributed by atoms with Crippen molar-refractivity contribution in [2.75, 3.05) is 6.54 Å². The number of rotatable bonds is 4. The molecule has 0 aliphatic heterocycles. The van der Waals surface area contributed by atoms with Crippen LogP contribution in [-0.2, 0) is 0 Å². The first-order valence-electron chi connectivity index (χ1n) is 11.1. The molecule has 0 saturated heterocycles. The zero-order valence-electron chi connectivity index (χ0n) is 17.9. The second kappa shape index (κ2) is 7.45. The molecule has 1 amide bonds. The van der Waals surface area contributed by atoms with E-state index in [0.29, 0.717) is 35.7 Å². The zero-order valence-corrected chi connectivity index (χ0v) is 17.9. The van der Waals surface area contributed by atoms with Crippen molar-refractivity contribution in [3.8, 4) is 11.4 Å². The molecule has 2 N–H and O–H groups in total. The first-order valence-corrected chi connectivity index (χ1v) is 11.1. The van der Waals surface area contributed by atoms with Crippen LogP contribution in [0.4, 0.5) is 0 Å². The lowest BCUT2D eigenvalue weighted by Crippen LogP contribution is -2.39. The number of fused-ring (bicyclic) bond motifs is 1. The molecule has 1 aromatic heterocycles. The van der Waals surface area contributed by atoms with Crippen molar-refractivity contribution in [3.05, 3.63) is 106 Å². The third-order valence-corrected chi connectivity index (χ3v) is 6.95. The van der Waals surface area contributed by atoms with Gasteiger partial charge in [-0.25, -0.2) is 4.98 Å². The van der Waals surface area contributed by atoms with Gasteiger partial charge in [-0.15, -0.1) is 0 Å². The van der Waals surface area contributed by atoms with Gasteiger partial charge in [-0.3, -0.25) is 9.89 Å². The summed E-state index contributed by atoms with van der Waals surface area (Å²) in [6.07, 6.45) is 1.07. The van der Waals surface area contributed by atoms with Crippen LogP contribution < -0.4 is 5.32 Å². The number of aromatic amines is 1. The van der Waals surface area contributed by atoms with E-state index < -0.39 is 0 Å². The lowest BCUT2D eigenvalue weighted by molar-refractivity contribution is 0.0943. The van der Waals surface area contributed by atoms with E-state index in [1.54, 1.807) is 0 Å². The lowest BCUT2D eigenvalue weighted by atomic mass is 9.59. The highest BCUT2D eigenvalue weighted by atomic mass is 16.1. The lowest BCUT2D eigenvalue weighted by Gasteiger charge is -2.45. The Balaban J connectivity index is 1.21. The van der Waals surface area contributed by atoms with Gasteiger partial charge in [-0.2, -0.15) is 5.10 Å². The van der Waals surface area contributed by atoms with Crippen LogP contribution in [0.25, 0.3) is 11.4 Å². The number of hydrogen-bond donors (Lipinski definition) is 2. The second-order valence-electron chi connectivity index (χ2n) is 8.82. The summed E-state index contributed by atoms with van der Waals surface area (Å²) in [5, 5.41) is 10.2. The first kappa shape index (κ1) is 19.0. The summed E-state index contributed by atoms with van der Waals surface area (Å²) in [4.78, 5) is 17.2. The van der Waals surface area contributed by atoms with Crippen molar-refractivity contribution in [2.24, 2.45) is 5.92 Å². The summed E-state index contributed by atoms with van der Waals surface area (Å²) < 4.78 is 0. The van der Waals surface area contributed by atoms with Gasteiger partial charge in [0.15, 0.2) is 5.82 Å². The minimum atomic E-state index is -0.0364. The molecule has 0 fully saturated rings. The number of carbonyl (C=O) groups excluding carboxylic acids is 1. The average molecular weight is 421 g/mol. The predicted molar refractivity (Wildman–Crippen MR) is 124 cm³/mol. The molecule has 1 heterocycles. The van der Waals surface area contributed by atoms with Gasteiger partial charge in [0.25, 0.3) is 5.91 Å². The summed E-state index contributed by atoms with van der Waals surface area (Å²) in [6.45, 7) is 2.54. The Bertz CT molecular complexity index is 1260. The van der Waals surface area contributed by atoms with E-state index in [2.05, 4.69) is 69.0 Å². The van der Waals surface area contributed by atoms with Gasteiger partial charge in [0.2, 0.25) is 0 Å². The Hall–Kier alpha value is -3.73. The summed E-state index contributed by atoms with van der Waals surface area (Å²) >= 11 is 0. The Morgan fingerprint density at radius 1 is 0.938 bits per heavy atom. The monoisotopic (exact) mass is 420 g/mol. The molecule has 5 heteroatoms. The molecule has 1 atom stereocenters. The smallest absolute Gasteiger partial charge is 0.251 e.